The predicted molar refractivity (Wildman–Crippen MR) is 100 cm³/mol. The Bertz CT molecular complexity index is 950. The van der Waals surface area contributed by atoms with E-state index in [0.29, 0.717) is 11.7 Å². The molecule has 2 fully saturated rings. The molecule has 0 N–H and O–H groups in total. The van der Waals surface area contributed by atoms with Crippen molar-refractivity contribution in [1.82, 2.24) is 24.9 Å². The molecule has 1 spiro atoms. The molecule has 2 saturated heterocycles. The van der Waals surface area contributed by atoms with E-state index in [0.717, 1.165) is 37.2 Å². The molecule has 5 heterocycles. The zero-order valence-electron chi connectivity index (χ0n) is 14.9. The molecule has 1 amide bonds. The second-order valence-electron chi connectivity index (χ2n) is 7.51. The largest absolute Gasteiger partial charge is 0.337 e. The molecule has 1 unspecified atom stereocenters. The van der Waals surface area contributed by atoms with Gasteiger partial charge in [0.1, 0.15) is 0 Å². The molecule has 0 saturated carbocycles. The van der Waals surface area contributed by atoms with E-state index in [1.54, 1.807) is 23.7 Å². The number of hydrogen-bond acceptors (Lipinski definition) is 7. The van der Waals surface area contributed by atoms with Crippen LogP contribution in [0.2, 0.25) is 0 Å². The van der Waals surface area contributed by atoms with E-state index in [1.807, 2.05) is 33.9 Å². The third-order valence-corrected chi connectivity index (χ3v) is 6.18. The van der Waals surface area contributed by atoms with E-state index in [-0.39, 0.29) is 17.4 Å². The number of nitrogens with zero attached hydrogens (tertiary/aromatic N) is 5. The van der Waals surface area contributed by atoms with E-state index in [4.69, 9.17) is 4.52 Å². The fraction of sp³-hybridized carbons (Fsp3) is 0.368. The number of pyridine rings is 1. The summed E-state index contributed by atoms with van der Waals surface area (Å²) in [5, 5.41) is 7.97. The molecule has 0 radical (unpaired) electrons. The van der Waals surface area contributed by atoms with Crippen LogP contribution in [0.1, 0.15) is 28.7 Å². The molecule has 1 atom stereocenters. The van der Waals surface area contributed by atoms with Gasteiger partial charge in [0.05, 0.1) is 11.6 Å². The van der Waals surface area contributed by atoms with E-state index in [1.165, 1.54) is 0 Å². The average molecular weight is 381 g/mol. The third-order valence-electron chi connectivity index (χ3n) is 5.50. The number of carbonyl (C=O) groups excluding carboxylic acids is 1. The Balaban J connectivity index is 1.29. The minimum absolute atomic E-state index is 0.0846. The first-order valence-corrected chi connectivity index (χ1v) is 9.84. The lowest BCUT2D eigenvalue weighted by Gasteiger charge is -2.48. The molecule has 3 aromatic heterocycles. The highest BCUT2D eigenvalue weighted by Gasteiger charge is 2.53. The van der Waals surface area contributed by atoms with Gasteiger partial charge in [-0.3, -0.25) is 14.7 Å². The second-order valence-corrected chi connectivity index (χ2v) is 8.29. The number of hydrogen-bond donors (Lipinski definition) is 0. The van der Waals surface area contributed by atoms with Crippen molar-refractivity contribution in [3.05, 3.63) is 52.8 Å². The lowest BCUT2D eigenvalue weighted by Crippen LogP contribution is -2.59. The molecular formula is C19H19N5O2S. The maximum atomic E-state index is 12.5. The smallest absolute Gasteiger partial charge is 0.254 e. The summed E-state index contributed by atoms with van der Waals surface area (Å²) in [6, 6.07) is 5.75. The molecule has 2 aliphatic rings. The maximum absolute atomic E-state index is 12.5. The molecule has 0 aromatic carbocycles. The summed E-state index contributed by atoms with van der Waals surface area (Å²) < 4.78 is 5.56. The van der Waals surface area contributed by atoms with Crippen LogP contribution in [0.3, 0.4) is 0 Å². The molecule has 138 valence electrons. The highest BCUT2D eigenvalue weighted by atomic mass is 32.1. The number of likely N-dealkylation sites (tertiary alicyclic amines) is 2. The van der Waals surface area contributed by atoms with Crippen LogP contribution in [-0.4, -0.2) is 57.5 Å². The first-order chi connectivity index (χ1) is 13.1. The molecule has 0 bridgehead atoms. The lowest BCUT2D eigenvalue weighted by atomic mass is 9.77. The van der Waals surface area contributed by atoms with Gasteiger partial charge in [0.15, 0.2) is 0 Å². The van der Waals surface area contributed by atoms with Crippen molar-refractivity contribution in [3.8, 4) is 11.4 Å². The van der Waals surface area contributed by atoms with Crippen LogP contribution in [0, 0.1) is 5.41 Å². The van der Waals surface area contributed by atoms with Crippen molar-refractivity contribution in [2.24, 2.45) is 5.41 Å². The average Bonchev–Trinajstić information content (AvgIpc) is 3.40. The number of thiophene rings is 1. The van der Waals surface area contributed by atoms with Crippen molar-refractivity contribution in [2.45, 2.75) is 12.5 Å². The van der Waals surface area contributed by atoms with Gasteiger partial charge in [-0.15, -0.1) is 0 Å². The van der Waals surface area contributed by atoms with Gasteiger partial charge in [0, 0.05) is 48.4 Å². The van der Waals surface area contributed by atoms with Gasteiger partial charge in [-0.1, -0.05) is 5.16 Å². The van der Waals surface area contributed by atoms with E-state index in [2.05, 4.69) is 27.1 Å². The number of carbonyl (C=O) groups is 1. The van der Waals surface area contributed by atoms with Crippen molar-refractivity contribution in [1.29, 1.82) is 0 Å². The van der Waals surface area contributed by atoms with Gasteiger partial charge >= 0.3 is 0 Å². The van der Waals surface area contributed by atoms with Gasteiger partial charge in [-0.05, 0) is 37.0 Å². The van der Waals surface area contributed by atoms with Crippen LogP contribution >= 0.6 is 11.3 Å². The Morgan fingerprint density at radius 3 is 2.96 bits per heavy atom. The van der Waals surface area contributed by atoms with Crippen molar-refractivity contribution in [2.75, 3.05) is 26.7 Å². The van der Waals surface area contributed by atoms with Gasteiger partial charge in [-0.2, -0.15) is 16.3 Å². The van der Waals surface area contributed by atoms with Gasteiger partial charge < -0.3 is 9.42 Å². The Hall–Kier alpha value is -2.58. The summed E-state index contributed by atoms with van der Waals surface area (Å²) in [4.78, 5) is 25.4. The monoisotopic (exact) mass is 381 g/mol. The minimum atomic E-state index is 0.0846. The molecule has 3 aromatic rings. The van der Waals surface area contributed by atoms with E-state index < -0.39 is 0 Å². The van der Waals surface area contributed by atoms with Crippen molar-refractivity contribution in [3.63, 3.8) is 0 Å². The lowest BCUT2D eigenvalue weighted by molar-refractivity contribution is 0.0115. The van der Waals surface area contributed by atoms with Crippen LogP contribution in [-0.2, 0) is 0 Å². The summed E-state index contributed by atoms with van der Waals surface area (Å²) in [5.41, 5.74) is 1.75. The number of aromatic nitrogens is 3. The Morgan fingerprint density at radius 2 is 2.22 bits per heavy atom. The van der Waals surface area contributed by atoms with Gasteiger partial charge in [0.25, 0.3) is 5.91 Å². The van der Waals surface area contributed by atoms with Gasteiger partial charge in [0.2, 0.25) is 11.7 Å². The first-order valence-electron chi connectivity index (χ1n) is 8.89. The molecule has 27 heavy (non-hydrogen) atoms. The highest BCUT2D eigenvalue weighted by Crippen LogP contribution is 2.47. The van der Waals surface area contributed by atoms with Crippen LogP contribution in [0.4, 0.5) is 0 Å². The highest BCUT2D eigenvalue weighted by molar-refractivity contribution is 7.08. The van der Waals surface area contributed by atoms with E-state index in [9.17, 15) is 4.79 Å². The van der Waals surface area contributed by atoms with Gasteiger partial charge in [-0.25, -0.2) is 0 Å². The quantitative estimate of drug-likeness (QED) is 0.694. The first kappa shape index (κ1) is 16.6. The summed E-state index contributed by atoms with van der Waals surface area (Å²) >= 11 is 1.55. The molecule has 2 aliphatic heterocycles. The standard InChI is InChI=1S/C19H19N5O2S/c1-23-10-19(11-24(12-19)18(25)14-4-6-27-9-14)7-15(23)17-21-16(22-26-17)13-3-2-5-20-8-13/h2-6,8-9,15H,7,10-12H2,1H3. The zero-order chi connectivity index (χ0) is 18.4. The van der Waals surface area contributed by atoms with Crippen LogP contribution in [0.5, 0.6) is 0 Å². The van der Waals surface area contributed by atoms with Crippen LogP contribution in [0.25, 0.3) is 11.4 Å². The van der Waals surface area contributed by atoms with Crippen LogP contribution in [0.15, 0.2) is 45.9 Å². The fourth-order valence-electron chi connectivity index (χ4n) is 4.23. The van der Waals surface area contributed by atoms with E-state index >= 15 is 0 Å². The normalized spacial score (nSPS) is 21.5. The summed E-state index contributed by atoms with van der Waals surface area (Å²) in [5.74, 6) is 1.33. The van der Waals surface area contributed by atoms with Crippen LogP contribution < -0.4 is 0 Å². The Morgan fingerprint density at radius 1 is 1.33 bits per heavy atom. The Labute approximate surface area is 160 Å². The SMILES string of the molecule is CN1CC2(CC1c1nc(-c3cccnc3)no1)CN(C(=O)c1ccsc1)C2. The topological polar surface area (TPSA) is 75.4 Å². The summed E-state index contributed by atoms with van der Waals surface area (Å²) in [6.07, 6.45) is 4.37. The summed E-state index contributed by atoms with van der Waals surface area (Å²) in [7, 11) is 2.08. The Kier molecular flexibility index (Phi) is 3.84. The second kappa shape index (κ2) is 6.24. The molecule has 7 nitrogen and oxygen atoms in total. The molecule has 8 heteroatoms. The molecule has 0 aliphatic carbocycles. The fourth-order valence-corrected chi connectivity index (χ4v) is 4.86. The number of amides is 1. The molecular weight excluding hydrogens is 362 g/mol. The summed E-state index contributed by atoms with van der Waals surface area (Å²) in [6.45, 7) is 2.49. The zero-order valence-corrected chi connectivity index (χ0v) is 15.7. The third kappa shape index (κ3) is 2.85. The predicted octanol–water partition coefficient (Wildman–Crippen LogP) is 2.71. The molecule has 5 rings (SSSR count). The maximum Gasteiger partial charge on any atom is 0.254 e. The van der Waals surface area contributed by atoms with Crippen molar-refractivity contribution >= 4 is 17.2 Å². The number of rotatable bonds is 3. The minimum Gasteiger partial charge on any atom is -0.337 e. The van der Waals surface area contributed by atoms with Crippen molar-refractivity contribution < 1.29 is 9.32 Å².